The lowest BCUT2D eigenvalue weighted by Crippen LogP contribution is -2.52. The normalized spacial score (nSPS) is 17.5. The number of carboxylic acid groups (broad SMARTS) is 1. The van der Waals surface area contributed by atoms with Crippen LogP contribution in [0, 0.1) is 0 Å². The number of hydrogen-bond donors (Lipinski definition) is 1. The first-order valence-corrected chi connectivity index (χ1v) is 7.99. The first kappa shape index (κ1) is 18.4. The average Bonchev–Trinajstić information content (AvgIpc) is 2.59. The van der Waals surface area contributed by atoms with Crippen LogP contribution in [-0.2, 0) is 9.53 Å². The molecule has 1 atom stereocenters. The van der Waals surface area contributed by atoms with E-state index in [2.05, 4.69) is 0 Å². The van der Waals surface area contributed by atoms with Crippen LogP contribution in [0.1, 0.15) is 23.7 Å². The zero-order valence-electron chi connectivity index (χ0n) is 13.6. The molecule has 0 saturated carbocycles. The third-order valence-electron chi connectivity index (χ3n) is 3.60. The van der Waals surface area contributed by atoms with Crippen LogP contribution >= 0.6 is 11.6 Å². The Balaban J connectivity index is 2.31. The van der Waals surface area contributed by atoms with Crippen LogP contribution in [0.4, 0.5) is 0 Å². The number of methoxy groups -OCH3 is 1. The van der Waals surface area contributed by atoms with Crippen molar-refractivity contribution in [2.24, 2.45) is 0 Å². The largest absolute Gasteiger partial charge is 0.493 e. The smallest absolute Gasteiger partial charge is 0.328 e. The minimum Gasteiger partial charge on any atom is -0.493 e. The number of aliphatic carboxylic acids is 1. The molecule has 1 aliphatic rings. The van der Waals surface area contributed by atoms with Gasteiger partial charge in [-0.15, -0.1) is 0 Å². The molecular formula is C16H20ClNO6. The predicted octanol–water partition coefficient (Wildman–Crippen LogP) is 2.06. The van der Waals surface area contributed by atoms with Crippen molar-refractivity contribution in [2.45, 2.75) is 19.4 Å². The van der Waals surface area contributed by atoms with E-state index in [0.717, 1.165) is 6.42 Å². The Bertz CT molecular complexity index is 621. The van der Waals surface area contributed by atoms with Gasteiger partial charge in [0.05, 0.1) is 32.0 Å². The molecule has 8 heteroatoms. The van der Waals surface area contributed by atoms with Gasteiger partial charge in [-0.2, -0.15) is 0 Å². The minimum absolute atomic E-state index is 0.0381. The zero-order valence-corrected chi connectivity index (χ0v) is 14.3. The molecule has 0 radical (unpaired) electrons. The molecule has 0 aromatic heterocycles. The van der Waals surface area contributed by atoms with Crippen molar-refractivity contribution in [3.8, 4) is 11.5 Å². The van der Waals surface area contributed by atoms with Crippen LogP contribution < -0.4 is 9.47 Å². The van der Waals surface area contributed by atoms with Crippen molar-refractivity contribution in [1.82, 2.24) is 4.90 Å². The lowest BCUT2D eigenvalue weighted by atomic mass is 10.1. The molecular weight excluding hydrogens is 338 g/mol. The Morgan fingerprint density at radius 2 is 2.21 bits per heavy atom. The van der Waals surface area contributed by atoms with Crippen molar-refractivity contribution in [3.63, 3.8) is 0 Å². The van der Waals surface area contributed by atoms with Gasteiger partial charge in [0.25, 0.3) is 5.91 Å². The van der Waals surface area contributed by atoms with Crippen molar-refractivity contribution >= 4 is 23.5 Å². The summed E-state index contributed by atoms with van der Waals surface area (Å²) in [5.74, 6) is -0.842. The molecule has 1 heterocycles. The second kappa shape index (κ2) is 8.21. The SMILES string of the molecule is CCCOc1c(Cl)cc(C(=O)N2CCOC[C@H]2C(=O)O)cc1OC. The molecule has 7 nitrogen and oxygen atoms in total. The number of ether oxygens (including phenoxy) is 3. The minimum atomic E-state index is -1.11. The molecule has 132 valence electrons. The van der Waals surface area contributed by atoms with Crippen molar-refractivity contribution in [2.75, 3.05) is 33.5 Å². The second-order valence-electron chi connectivity index (χ2n) is 5.27. The van der Waals surface area contributed by atoms with E-state index in [-0.39, 0.29) is 30.3 Å². The summed E-state index contributed by atoms with van der Waals surface area (Å²) in [7, 11) is 1.45. The van der Waals surface area contributed by atoms with Gasteiger partial charge in [0, 0.05) is 12.1 Å². The quantitative estimate of drug-likeness (QED) is 0.838. The van der Waals surface area contributed by atoms with E-state index < -0.39 is 17.9 Å². The average molecular weight is 358 g/mol. The Morgan fingerprint density at radius 3 is 2.83 bits per heavy atom. The van der Waals surface area contributed by atoms with Gasteiger partial charge in [-0.3, -0.25) is 4.79 Å². The fourth-order valence-corrected chi connectivity index (χ4v) is 2.67. The van der Waals surface area contributed by atoms with Crippen LogP contribution in [0.2, 0.25) is 5.02 Å². The van der Waals surface area contributed by atoms with Crippen LogP contribution in [0.25, 0.3) is 0 Å². The van der Waals surface area contributed by atoms with Gasteiger partial charge in [-0.1, -0.05) is 18.5 Å². The van der Waals surface area contributed by atoms with Crippen LogP contribution in [0.15, 0.2) is 12.1 Å². The molecule has 0 bridgehead atoms. The molecule has 1 amide bonds. The number of carbonyl (C=O) groups excluding carboxylic acids is 1. The summed E-state index contributed by atoms with van der Waals surface area (Å²) in [4.78, 5) is 25.3. The highest BCUT2D eigenvalue weighted by Crippen LogP contribution is 2.37. The maximum absolute atomic E-state index is 12.7. The van der Waals surface area contributed by atoms with Gasteiger partial charge in [-0.05, 0) is 18.6 Å². The molecule has 0 spiro atoms. The number of benzene rings is 1. The molecule has 0 unspecified atom stereocenters. The maximum atomic E-state index is 12.7. The first-order valence-electron chi connectivity index (χ1n) is 7.61. The number of halogens is 1. The molecule has 1 aromatic rings. The number of hydrogen-bond acceptors (Lipinski definition) is 5. The van der Waals surface area contributed by atoms with Gasteiger partial charge in [0.15, 0.2) is 17.5 Å². The molecule has 1 saturated heterocycles. The van der Waals surface area contributed by atoms with Gasteiger partial charge >= 0.3 is 5.97 Å². The van der Waals surface area contributed by atoms with E-state index >= 15 is 0 Å². The Morgan fingerprint density at radius 1 is 1.46 bits per heavy atom. The lowest BCUT2D eigenvalue weighted by Gasteiger charge is -2.33. The predicted molar refractivity (Wildman–Crippen MR) is 87.1 cm³/mol. The molecule has 0 aliphatic carbocycles. The lowest BCUT2D eigenvalue weighted by molar-refractivity contribution is -0.147. The van der Waals surface area contributed by atoms with E-state index in [0.29, 0.717) is 18.1 Å². The summed E-state index contributed by atoms with van der Waals surface area (Å²) in [6.07, 6.45) is 0.800. The summed E-state index contributed by atoms with van der Waals surface area (Å²) in [5, 5.41) is 9.50. The number of amides is 1. The molecule has 2 rings (SSSR count). The van der Waals surface area contributed by atoms with E-state index in [1.54, 1.807) is 0 Å². The summed E-state index contributed by atoms with van der Waals surface area (Å²) in [6.45, 7) is 2.88. The molecule has 1 fully saturated rings. The maximum Gasteiger partial charge on any atom is 0.328 e. The molecule has 1 aromatic carbocycles. The zero-order chi connectivity index (χ0) is 17.7. The Hall–Kier alpha value is -1.99. The van der Waals surface area contributed by atoms with E-state index in [1.807, 2.05) is 6.92 Å². The topological polar surface area (TPSA) is 85.3 Å². The van der Waals surface area contributed by atoms with Gasteiger partial charge in [0.1, 0.15) is 0 Å². The van der Waals surface area contributed by atoms with Crippen LogP contribution in [-0.4, -0.2) is 61.4 Å². The van der Waals surface area contributed by atoms with E-state index in [9.17, 15) is 14.7 Å². The summed E-state index contributed by atoms with van der Waals surface area (Å²) in [5.41, 5.74) is 0.244. The van der Waals surface area contributed by atoms with Gasteiger partial charge < -0.3 is 24.2 Å². The summed E-state index contributed by atoms with van der Waals surface area (Å²) < 4.78 is 16.0. The van der Waals surface area contributed by atoms with Crippen molar-refractivity contribution in [1.29, 1.82) is 0 Å². The Labute approximate surface area is 145 Å². The van der Waals surface area contributed by atoms with Crippen LogP contribution in [0.5, 0.6) is 11.5 Å². The highest BCUT2D eigenvalue weighted by Gasteiger charge is 2.33. The van der Waals surface area contributed by atoms with E-state index in [1.165, 1.54) is 24.1 Å². The molecule has 1 N–H and O–H groups in total. The second-order valence-corrected chi connectivity index (χ2v) is 5.67. The third-order valence-corrected chi connectivity index (χ3v) is 3.88. The standard InChI is InChI=1S/C16H20ClNO6/c1-3-5-24-14-11(17)7-10(8-13(14)22-2)15(19)18-4-6-23-9-12(18)16(20)21/h7-8,12H,3-6,9H2,1-2H3,(H,20,21)/t12-/m0/s1. The van der Waals surface area contributed by atoms with Gasteiger partial charge in [0.2, 0.25) is 0 Å². The highest BCUT2D eigenvalue weighted by atomic mass is 35.5. The molecule has 24 heavy (non-hydrogen) atoms. The molecule has 1 aliphatic heterocycles. The third kappa shape index (κ3) is 3.91. The van der Waals surface area contributed by atoms with Gasteiger partial charge in [-0.25, -0.2) is 4.79 Å². The van der Waals surface area contributed by atoms with Crippen molar-refractivity contribution < 1.29 is 28.9 Å². The fraction of sp³-hybridized carbons (Fsp3) is 0.500. The van der Waals surface area contributed by atoms with Crippen LogP contribution in [0.3, 0.4) is 0 Å². The number of morpholine rings is 1. The number of nitrogens with zero attached hydrogens (tertiary/aromatic N) is 1. The van der Waals surface area contributed by atoms with Crippen molar-refractivity contribution in [3.05, 3.63) is 22.7 Å². The summed E-state index contributed by atoms with van der Waals surface area (Å²) in [6, 6.07) is 1.95. The summed E-state index contributed by atoms with van der Waals surface area (Å²) >= 11 is 6.21. The van der Waals surface area contributed by atoms with E-state index in [4.69, 9.17) is 25.8 Å². The highest BCUT2D eigenvalue weighted by molar-refractivity contribution is 6.32. The first-order chi connectivity index (χ1) is 11.5. The monoisotopic (exact) mass is 357 g/mol. The number of carboxylic acids is 1. The number of carbonyl (C=O) groups is 2. The fourth-order valence-electron chi connectivity index (χ4n) is 2.40. The Kier molecular flexibility index (Phi) is 6.28. The number of rotatable bonds is 6.